The van der Waals surface area contributed by atoms with Crippen LogP contribution in [0.1, 0.15) is 41.0 Å². The lowest BCUT2D eigenvalue weighted by Gasteiger charge is -2.13. The zero-order valence-electron chi connectivity index (χ0n) is 8.35. The maximum absolute atomic E-state index is 10.6. The molecule has 0 saturated carbocycles. The molecule has 0 saturated heterocycles. The lowest BCUT2D eigenvalue weighted by Crippen LogP contribution is -2.34. The molecule has 68 valence electrons. The van der Waals surface area contributed by atoms with Crippen LogP contribution in [0.25, 0.3) is 0 Å². The monoisotopic (exact) mass is 159 g/mol. The van der Waals surface area contributed by atoms with Gasteiger partial charge in [0.1, 0.15) is 5.78 Å². The highest BCUT2D eigenvalue weighted by atomic mass is 16.1. The maximum Gasteiger partial charge on any atom is 0.146 e. The second-order valence-corrected chi connectivity index (χ2v) is 2.52. The summed E-state index contributed by atoms with van der Waals surface area (Å²) in [6.07, 6.45) is 0.973. The van der Waals surface area contributed by atoms with E-state index in [1.807, 2.05) is 27.7 Å². The van der Waals surface area contributed by atoms with Crippen LogP contribution >= 0.6 is 0 Å². The SMILES string of the molecule is CC.CCC(C)C(N)C(C)=O. The first-order valence-electron chi connectivity index (χ1n) is 4.35. The summed E-state index contributed by atoms with van der Waals surface area (Å²) in [5, 5.41) is 0. The third kappa shape index (κ3) is 6.05. The van der Waals surface area contributed by atoms with E-state index < -0.39 is 0 Å². The molecule has 2 atom stereocenters. The highest BCUT2D eigenvalue weighted by molar-refractivity contribution is 5.81. The Morgan fingerprint density at radius 1 is 1.45 bits per heavy atom. The van der Waals surface area contributed by atoms with Crippen molar-refractivity contribution < 1.29 is 4.79 Å². The number of ketones is 1. The lowest BCUT2D eigenvalue weighted by atomic mass is 9.97. The van der Waals surface area contributed by atoms with Gasteiger partial charge >= 0.3 is 0 Å². The van der Waals surface area contributed by atoms with E-state index in [-0.39, 0.29) is 11.8 Å². The van der Waals surface area contributed by atoms with Crippen molar-refractivity contribution in [3.8, 4) is 0 Å². The topological polar surface area (TPSA) is 43.1 Å². The maximum atomic E-state index is 10.6. The molecule has 0 heterocycles. The van der Waals surface area contributed by atoms with Gasteiger partial charge in [0, 0.05) is 0 Å². The number of Topliss-reactive ketones (excluding diaryl/α,β-unsaturated/α-hetero) is 1. The van der Waals surface area contributed by atoms with Gasteiger partial charge in [0.05, 0.1) is 6.04 Å². The molecular weight excluding hydrogens is 138 g/mol. The van der Waals surface area contributed by atoms with E-state index >= 15 is 0 Å². The van der Waals surface area contributed by atoms with Crippen molar-refractivity contribution >= 4 is 5.78 Å². The van der Waals surface area contributed by atoms with Gasteiger partial charge in [0.2, 0.25) is 0 Å². The number of hydrogen-bond acceptors (Lipinski definition) is 2. The van der Waals surface area contributed by atoms with Gasteiger partial charge in [0.15, 0.2) is 0 Å². The van der Waals surface area contributed by atoms with E-state index in [1.54, 1.807) is 0 Å². The normalized spacial score (nSPS) is 14.4. The molecule has 0 aliphatic rings. The van der Waals surface area contributed by atoms with E-state index in [1.165, 1.54) is 6.92 Å². The van der Waals surface area contributed by atoms with Gasteiger partial charge in [-0.15, -0.1) is 0 Å². The largest absolute Gasteiger partial charge is 0.321 e. The Morgan fingerprint density at radius 2 is 1.82 bits per heavy atom. The van der Waals surface area contributed by atoms with Crippen LogP contribution < -0.4 is 5.73 Å². The molecule has 2 N–H and O–H groups in total. The molecule has 2 unspecified atom stereocenters. The Bertz CT molecular complexity index is 102. The van der Waals surface area contributed by atoms with Crippen LogP contribution in [-0.2, 0) is 4.79 Å². The second-order valence-electron chi connectivity index (χ2n) is 2.52. The average molecular weight is 159 g/mol. The van der Waals surface area contributed by atoms with Crippen LogP contribution in [0, 0.1) is 5.92 Å². The minimum Gasteiger partial charge on any atom is -0.321 e. The molecule has 0 spiro atoms. The number of carbonyl (C=O) groups is 1. The van der Waals surface area contributed by atoms with Crippen LogP contribution in [0.5, 0.6) is 0 Å². The summed E-state index contributed by atoms with van der Waals surface area (Å²) >= 11 is 0. The average Bonchev–Trinajstić information content (AvgIpc) is 2.05. The van der Waals surface area contributed by atoms with Crippen LogP contribution in [0.3, 0.4) is 0 Å². The third-order valence-electron chi connectivity index (χ3n) is 1.73. The molecule has 0 bridgehead atoms. The van der Waals surface area contributed by atoms with Gasteiger partial charge in [0.25, 0.3) is 0 Å². The van der Waals surface area contributed by atoms with E-state index in [0.717, 1.165) is 6.42 Å². The van der Waals surface area contributed by atoms with Crippen LogP contribution in [0.15, 0.2) is 0 Å². The predicted molar refractivity (Wildman–Crippen MR) is 49.5 cm³/mol. The molecule has 0 aromatic carbocycles. The molecule has 0 aromatic rings. The Balaban J connectivity index is 0. The van der Waals surface area contributed by atoms with E-state index in [4.69, 9.17) is 5.73 Å². The predicted octanol–water partition coefficient (Wildman–Crippen LogP) is 1.98. The standard InChI is InChI=1S/C7H15NO.C2H6/c1-4-5(2)7(8)6(3)9;1-2/h5,7H,4,8H2,1-3H3;1-2H3. The summed E-state index contributed by atoms with van der Waals surface area (Å²) in [6.45, 7) is 9.57. The first-order chi connectivity index (χ1) is 5.09. The van der Waals surface area contributed by atoms with Gasteiger partial charge in [-0.2, -0.15) is 0 Å². The molecule has 11 heavy (non-hydrogen) atoms. The first-order valence-corrected chi connectivity index (χ1v) is 4.35. The van der Waals surface area contributed by atoms with Gasteiger partial charge < -0.3 is 5.73 Å². The van der Waals surface area contributed by atoms with Crippen molar-refractivity contribution in [1.82, 2.24) is 0 Å². The summed E-state index contributed by atoms with van der Waals surface area (Å²) in [7, 11) is 0. The van der Waals surface area contributed by atoms with Gasteiger partial charge in [-0.3, -0.25) is 4.79 Å². The quantitative estimate of drug-likeness (QED) is 0.684. The Morgan fingerprint density at radius 3 is 1.91 bits per heavy atom. The molecule has 2 heteroatoms. The molecule has 0 rings (SSSR count). The van der Waals surface area contributed by atoms with Crippen molar-refractivity contribution in [2.45, 2.75) is 47.1 Å². The van der Waals surface area contributed by atoms with Gasteiger partial charge in [-0.05, 0) is 12.8 Å². The van der Waals surface area contributed by atoms with E-state index in [2.05, 4.69) is 0 Å². The fraction of sp³-hybridized carbons (Fsp3) is 0.889. The van der Waals surface area contributed by atoms with Crippen LogP contribution in [-0.4, -0.2) is 11.8 Å². The smallest absolute Gasteiger partial charge is 0.146 e. The molecule has 2 nitrogen and oxygen atoms in total. The number of nitrogens with two attached hydrogens (primary N) is 1. The third-order valence-corrected chi connectivity index (χ3v) is 1.73. The zero-order valence-corrected chi connectivity index (χ0v) is 8.35. The minimum absolute atomic E-state index is 0.0874. The summed E-state index contributed by atoms with van der Waals surface area (Å²) in [5.74, 6) is 0.409. The summed E-state index contributed by atoms with van der Waals surface area (Å²) < 4.78 is 0. The van der Waals surface area contributed by atoms with Crippen molar-refractivity contribution in [3.63, 3.8) is 0 Å². The Hall–Kier alpha value is -0.370. The fourth-order valence-electron chi connectivity index (χ4n) is 0.655. The number of carbonyl (C=O) groups excluding carboxylic acids is 1. The molecular formula is C9H21NO. The van der Waals surface area contributed by atoms with Crippen molar-refractivity contribution in [2.24, 2.45) is 11.7 Å². The number of rotatable bonds is 3. The summed E-state index contributed by atoms with van der Waals surface area (Å²) in [5.41, 5.74) is 5.52. The molecule has 0 aliphatic carbocycles. The molecule has 0 fully saturated rings. The number of hydrogen-bond donors (Lipinski definition) is 1. The van der Waals surface area contributed by atoms with Crippen LogP contribution in [0.4, 0.5) is 0 Å². The molecule has 0 aliphatic heterocycles. The second kappa shape index (κ2) is 7.73. The molecule has 0 aromatic heterocycles. The van der Waals surface area contributed by atoms with Gasteiger partial charge in [-0.1, -0.05) is 34.1 Å². The molecule has 0 radical (unpaired) electrons. The minimum atomic E-state index is -0.255. The van der Waals surface area contributed by atoms with Crippen molar-refractivity contribution in [1.29, 1.82) is 0 Å². The van der Waals surface area contributed by atoms with E-state index in [9.17, 15) is 4.79 Å². The summed E-state index contributed by atoms with van der Waals surface area (Å²) in [4.78, 5) is 10.6. The Labute approximate surface area is 70.2 Å². The zero-order chi connectivity index (χ0) is 9.44. The highest BCUT2D eigenvalue weighted by Crippen LogP contribution is 2.04. The fourth-order valence-corrected chi connectivity index (χ4v) is 0.655. The van der Waals surface area contributed by atoms with E-state index in [0.29, 0.717) is 5.92 Å². The lowest BCUT2D eigenvalue weighted by molar-refractivity contribution is -0.119. The van der Waals surface area contributed by atoms with Crippen LogP contribution in [0.2, 0.25) is 0 Å². The first kappa shape index (κ1) is 13.2. The van der Waals surface area contributed by atoms with Crippen molar-refractivity contribution in [3.05, 3.63) is 0 Å². The molecule has 0 amide bonds. The highest BCUT2D eigenvalue weighted by Gasteiger charge is 2.14. The summed E-state index contributed by atoms with van der Waals surface area (Å²) in [6, 6.07) is -0.255. The van der Waals surface area contributed by atoms with Crippen molar-refractivity contribution in [2.75, 3.05) is 0 Å². The van der Waals surface area contributed by atoms with Gasteiger partial charge in [-0.25, -0.2) is 0 Å². The Kier molecular flexibility index (Phi) is 9.31.